The Morgan fingerprint density at radius 2 is 1.63 bits per heavy atom. The summed E-state index contributed by atoms with van der Waals surface area (Å²) in [4.78, 5) is 12.4. The predicted octanol–water partition coefficient (Wildman–Crippen LogP) is 7.00. The molecule has 0 saturated carbocycles. The molecule has 0 spiro atoms. The van der Waals surface area contributed by atoms with E-state index >= 15 is 0 Å². The van der Waals surface area contributed by atoms with Crippen molar-refractivity contribution in [1.82, 2.24) is 0 Å². The number of ether oxygens (including phenoxy) is 1. The van der Waals surface area contributed by atoms with E-state index in [1.54, 1.807) is 24.3 Å². The van der Waals surface area contributed by atoms with Crippen LogP contribution in [0.2, 0.25) is 0 Å². The highest BCUT2D eigenvalue weighted by Crippen LogP contribution is 2.39. The number of nitrogens with two attached hydrogens (primary N) is 1. The monoisotopic (exact) mass is 472 g/mol. The largest absolute Gasteiger partial charge is 0.506 e. The predicted molar refractivity (Wildman–Crippen MR) is 140 cm³/mol. The zero-order valence-corrected chi connectivity index (χ0v) is 20.8. The van der Waals surface area contributed by atoms with Crippen molar-refractivity contribution < 1.29 is 14.6 Å². The van der Waals surface area contributed by atoms with Crippen LogP contribution >= 0.6 is 0 Å². The van der Waals surface area contributed by atoms with Gasteiger partial charge in [-0.25, -0.2) is 4.79 Å². The fourth-order valence-electron chi connectivity index (χ4n) is 4.21. The van der Waals surface area contributed by atoms with E-state index in [1.165, 1.54) is 17.7 Å². The number of nitrogens with one attached hydrogen (secondary N) is 2. The first-order chi connectivity index (χ1) is 16.4. The van der Waals surface area contributed by atoms with Crippen molar-refractivity contribution in [3.63, 3.8) is 0 Å². The van der Waals surface area contributed by atoms with Gasteiger partial charge in [0.1, 0.15) is 11.5 Å². The zero-order valence-electron chi connectivity index (χ0n) is 20.8. The number of urea groups is 1. The molecule has 0 aliphatic carbocycles. The minimum atomic E-state index is -0.564. The molecule has 3 aromatic rings. The topological polar surface area (TPSA) is 120 Å². The number of carbonyl (C=O) groups is 1. The molecular formula is C28H32N4O3. The maximum Gasteiger partial charge on any atom is 0.323 e. The van der Waals surface area contributed by atoms with Gasteiger partial charge in [0.25, 0.3) is 0 Å². The molecule has 3 aromatic carbocycles. The van der Waals surface area contributed by atoms with Crippen LogP contribution in [0.4, 0.5) is 21.9 Å². The van der Waals surface area contributed by atoms with Gasteiger partial charge in [0.05, 0.1) is 23.0 Å². The van der Waals surface area contributed by atoms with E-state index in [0.29, 0.717) is 22.7 Å². The molecular weight excluding hydrogens is 440 g/mol. The maximum atomic E-state index is 12.4. The van der Waals surface area contributed by atoms with Gasteiger partial charge in [0.2, 0.25) is 0 Å². The van der Waals surface area contributed by atoms with Gasteiger partial charge in [-0.2, -0.15) is 5.26 Å². The number of amides is 2. The number of hydrogen-bond donors (Lipinski definition) is 4. The van der Waals surface area contributed by atoms with E-state index in [-0.39, 0.29) is 28.0 Å². The maximum absolute atomic E-state index is 12.4. The van der Waals surface area contributed by atoms with Crippen molar-refractivity contribution >= 4 is 23.1 Å². The summed E-state index contributed by atoms with van der Waals surface area (Å²) in [6.07, 6.45) is 1.03. The van der Waals surface area contributed by atoms with Crippen LogP contribution in [0, 0.1) is 16.7 Å². The number of phenols is 1. The van der Waals surface area contributed by atoms with Gasteiger partial charge in [-0.1, -0.05) is 46.8 Å². The Balaban J connectivity index is 1.73. The Morgan fingerprint density at radius 3 is 2.20 bits per heavy atom. The van der Waals surface area contributed by atoms with Crippen molar-refractivity contribution in [2.45, 2.75) is 46.5 Å². The van der Waals surface area contributed by atoms with Crippen LogP contribution in [0.15, 0.2) is 60.7 Å². The molecule has 0 radical (unpaired) electrons. The summed E-state index contributed by atoms with van der Waals surface area (Å²) in [7, 11) is 0. The number of nitriles is 1. The highest BCUT2D eigenvalue weighted by Gasteiger charge is 2.27. The van der Waals surface area contributed by atoms with E-state index in [1.807, 2.05) is 30.3 Å². The molecule has 0 aliphatic rings. The number of benzene rings is 3. The normalized spacial score (nSPS) is 11.4. The fourth-order valence-corrected chi connectivity index (χ4v) is 4.21. The molecule has 0 aliphatic heterocycles. The van der Waals surface area contributed by atoms with Crippen molar-refractivity contribution in [1.29, 1.82) is 5.26 Å². The molecule has 3 rings (SSSR count). The number of carbonyl (C=O) groups excluding carboxylic acids is 1. The first kappa shape index (κ1) is 25.4. The lowest BCUT2D eigenvalue weighted by Crippen LogP contribution is -2.24. The Morgan fingerprint density at radius 1 is 1.00 bits per heavy atom. The Bertz CT molecular complexity index is 1240. The Hall–Kier alpha value is -4.18. The molecule has 2 amide bonds. The Kier molecular flexibility index (Phi) is 7.25. The van der Waals surface area contributed by atoms with Crippen LogP contribution in [0.5, 0.6) is 17.2 Å². The second kappa shape index (κ2) is 9.98. The average molecular weight is 473 g/mol. The third-order valence-electron chi connectivity index (χ3n) is 5.48. The molecule has 0 bridgehead atoms. The third-order valence-corrected chi connectivity index (χ3v) is 5.48. The van der Waals surface area contributed by atoms with Crippen molar-refractivity contribution in [3.05, 3.63) is 71.8 Å². The molecule has 0 aromatic heterocycles. The smallest absolute Gasteiger partial charge is 0.323 e. The number of phenolic OH excluding ortho intramolecular Hbond substituents is 1. The third kappa shape index (κ3) is 6.90. The summed E-state index contributed by atoms with van der Waals surface area (Å²) in [5.74, 6) is 0.702. The number of hydrogen-bond acceptors (Lipinski definition) is 5. The van der Waals surface area contributed by atoms with E-state index < -0.39 is 6.03 Å². The van der Waals surface area contributed by atoms with Gasteiger partial charge >= 0.3 is 6.03 Å². The van der Waals surface area contributed by atoms with E-state index in [2.05, 4.69) is 45.3 Å². The van der Waals surface area contributed by atoms with Crippen LogP contribution in [0.3, 0.4) is 0 Å². The molecule has 35 heavy (non-hydrogen) atoms. The molecule has 0 heterocycles. The quantitative estimate of drug-likeness (QED) is 0.227. The van der Waals surface area contributed by atoms with Crippen LogP contribution in [-0.2, 0) is 5.41 Å². The summed E-state index contributed by atoms with van der Waals surface area (Å²) in [5.41, 5.74) is 8.83. The summed E-state index contributed by atoms with van der Waals surface area (Å²) in [6.45, 7) is 11.2. The summed E-state index contributed by atoms with van der Waals surface area (Å²) < 4.78 is 5.96. The fraction of sp³-hybridized carbons (Fsp3) is 0.286. The summed E-state index contributed by atoms with van der Waals surface area (Å²) in [6, 6.07) is 18.5. The highest BCUT2D eigenvalue weighted by molar-refractivity contribution is 6.01. The Labute approximate surface area is 206 Å². The number of nitrogens with zero attached hydrogens (tertiary/aromatic N) is 1. The van der Waals surface area contributed by atoms with E-state index in [9.17, 15) is 9.90 Å². The number of nitrogen functional groups attached to an aromatic ring is 1. The van der Waals surface area contributed by atoms with E-state index in [4.69, 9.17) is 15.7 Å². The van der Waals surface area contributed by atoms with Gasteiger partial charge in [0, 0.05) is 17.8 Å². The van der Waals surface area contributed by atoms with Crippen LogP contribution in [-0.4, -0.2) is 11.1 Å². The minimum absolute atomic E-state index is 0.00766. The standard InChI is InChI=1S/C28H32N4O3/c1-27(2,3)17-28(4,5)19-8-12-21(13-9-19)35-25-15-23(24(33)14-22(25)30)32-26(34)31-20-10-6-18(16-29)7-11-20/h6-15,33H,17,30H2,1-5H3,(H2,31,32,34). The van der Waals surface area contributed by atoms with Crippen LogP contribution < -0.4 is 21.1 Å². The first-order valence-corrected chi connectivity index (χ1v) is 11.4. The number of anilines is 3. The average Bonchev–Trinajstić information content (AvgIpc) is 2.76. The highest BCUT2D eigenvalue weighted by atomic mass is 16.5. The number of rotatable bonds is 6. The van der Waals surface area contributed by atoms with Crippen molar-refractivity contribution in [2.75, 3.05) is 16.4 Å². The van der Waals surface area contributed by atoms with Crippen LogP contribution in [0.1, 0.15) is 52.2 Å². The van der Waals surface area contributed by atoms with Gasteiger partial charge in [-0.05, 0) is 59.2 Å². The summed E-state index contributed by atoms with van der Waals surface area (Å²) in [5, 5.41) is 24.4. The molecule has 0 atom stereocenters. The zero-order chi connectivity index (χ0) is 25.8. The van der Waals surface area contributed by atoms with Gasteiger partial charge in [-0.15, -0.1) is 0 Å². The van der Waals surface area contributed by atoms with Crippen molar-refractivity contribution in [2.24, 2.45) is 5.41 Å². The van der Waals surface area contributed by atoms with Gasteiger partial charge in [-0.3, -0.25) is 0 Å². The molecule has 7 heteroatoms. The second-order valence-corrected chi connectivity index (χ2v) is 10.4. The lowest BCUT2D eigenvalue weighted by molar-refractivity contribution is 0.262. The van der Waals surface area contributed by atoms with Crippen molar-refractivity contribution in [3.8, 4) is 23.3 Å². The van der Waals surface area contributed by atoms with Gasteiger partial charge < -0.3 is 26.2 Å². The molecule has 0 fully saturated rings. The summed E-state index contributed by atoms with van der Waals surface area (Å²) >= 11 is 0. The minimum Gasteiger partial charge on any atom is -0.506 e. The van der Waals surface area contributed by atoms with Gasteiger partial charge in [0.15, 0.2) is 5.75 Å². The first-order valence-electron chi connectivity index (χ1n) is 11.4. The molecule has 5 N–H and O–H groups in total. The van der Waals surface area contributed by atoms with E-state index in [0.717, 1.165) is 6.42 Å². The lowest BCUT2D eigenvalue weighted by atomic mass is 9.72. The number of aromatic hydroxyl groups is 1. The molecule has 0 unspecified atom stereocenters. The second-order valence-electron chi connectivity index (χ2n) is 10.4. The lowest BCUT2D eigenvalue weighted by Gasteiger charge is -2.33. The van der Waals surface area contributed by atoms with Crippen LogP contribution in [0.25, 0.3) is 0 Å². The SMILES string of the molecule is CC(C)(C)CC(C)(C)c1ccc(Oc2cc(NC(=O)Nc3ccc(C#N)cc3)c(O)cc2N)cc1. The molecule has 0 saturated heterocycles. The molecule has 182 valence electrons. The molecule has 7 nitrogen and oxygen atoms in total.